The number of hydrogen-bond acceptors (Lipinski definition) is 3. The molecule has 0 amide bonds. The molecular weight excluding hydrogens is 290 g/mol. The number of ether oxygens (including phenoxy) is 2. The van der Waals surface area contributed by atoms with Gasteiger partial charge < -0.3 is 20.5 Å². The second kappa shape index (κ2) is 7.54. The van der Waals surface area contributed by atoms with Crippen LogP contribution in [0.25, 0.3) is 0 Å². The number of rotatable bonds is 5. The van der Waals surface area contributed by atoms with Crippen molar-refractivity contribution < 1.29 is 9.47 Å². The Morgan fingerprint density at radius 3 is 2.35 bits per heavy atom. The largest absolute Gasteiger partial charge is 0.497 e. The van der Waals surface area contributed by atoms with Gasteiger partial charge in [0.25, 0.3) is 0 Å². The molecule has 122 valence electrons. The van der Waals surface area contributed by atoms with Crippen molar-refractivity contribution in [3.05, 3.63) is 53.1 Å². The molecule has 0 aromatic heterocycles. The Kier molecular flexibility index (Phi) is 5.46. The number of aliphatic imine (C=N–C) groups is 1. The topological polar surface area (TPSA) is 68.9 Å². The van der Waals surface area contributed by atoms with Crippen molar-refractivity contribution in [1.82, 2.24) is 0 Å². The third-order valence-electron chi connectivity index (χ3n) is 3.41. The van der Waals surface area contributed by atoms with Gasteiger partial charge in [-0.1, -0.05) is 6.07 Å². The highest BCUT2D eigenvalue weighted by Gasteiger charge is 2.05. The fourth-order valence-corrected chi connectivity index (χ4v) is 2.39. The molecule has 2 aromatic rings. The molecule has 5 heteroatoms. The molecule has 2 aromatic carbocycles. The highest BCUT2D eigenvalue weighted by Crippen LogP contribution is 2.25. The van der Waals surface area contributed by atoms with E-state index in [-0.39, 0.29) is 0 Å². The molecule has 0 fully saturated rings. The van der Waals surface area contributed by atoms with E-state index in [1.165, 1.54) is 11.1 Å². The molecule has 0 atom stereocenters. The second-order valence-corrected chi connectivity index (χ2v) is 5.38. The Morgan fingerprint density at radius 2 is 1.74 bits per heavy atom. The molecule has 0 aliphatic heterocycles. The first-order chi connectivity index (χ1) is 11.0. The Bertz CT molecular complexity index is 691. The zero-order chi connectivity index (χ0) is 16.8. The molecule has 0 aliphatic rings. The number of guanidine groups is 1. The van der Waals surface area contributed by atoms with Gasteiger partial charge >= 0.3 is 0 Å². The molecule has 0 radical (unpaired) electrons. The normalized spacial score (nSPS) is 11.2. The lowest BCUT2D eigenvalue weighted by Crippen LogP contribution is -2.22. The highest BCUT2D eigenvalue weighted by atomic mass is 16.5. The zero-order valence-electron chi connectivity index (χ0n) is 14.0. The molecule has 0 saturated heterocycles. The molecule has 0 aliphatic carbocycles. The van der Waals surface area contributed by atoms with Crippen molar-refractivity contribution in [3.63, 3.8) is 0 Å². The van der Waals surface area contributed by atoms with E-state index in [4.69, 9.17) is 15.2 Å². The molecule has 0 unspecified atom stereocenters. The SMILES string of the molecule is COc1ccc(CN=C(N)Nc2cc(C)cc(C)c2)c(OC)c1. The van der Waals surface area contributed by atoms with Gasteiger partial charge in [-0.15, -0.1) is 0 Å². The minimum atomic E-state index is 0.368. The van der Waals surface area contributed by atoms with Crippen LogP contribution in [0.3, 0.4) is 0 Å². The summed E-state index contributed by atoms with van der Waals surface area (Å²) in [5, 5.41) is 3.12. The lowest BCUT2D eigenvalue weighted by atomic mass is 10.1. The molecule has 0 heterocycles. The van der Waals surface area contributed by atoms with Crippen LogP contribution >= 0.6 is 0 Å². The number of anilines is 1. The molecule has 0 bridgehead atoms. The Balaban J connectivity index is 2.10. The van der Waals surface area contributed by atoms with E-state index in [1.807, 2.05) is 44.2 Å². The molecule has 0 saturated carbocycles. The predicted molar refractivity (Wildman–Crippen MR) is 94.4 cm³/mol. The van der Waals surface area contributed by atoms with Crippen LogP contribution in [0, 0.1) is 13.8 Å². The lowest BCUT2D eigenvalue weighted by molar-refractivity contribution is 0.391. The second-order valence-electron chi connectivity index (χ2n) is 5.38. The quantitative estimate of drug-likeness (QED) is 0.657. The maximum absolute atomic E-state index is 5.97. The predicted octanol–water partition coefficient (Wildman–Crippen LogP) is 3.25. The maximum Gasteiger partial charge on any atom is 0.193 e. The van der Waals surface area contributed by atoms with Crippen molar-refractivity contribution >= 4 is 11.6 Å². The van der Waals surface area contributed by atoms with Crippen LogP contribution in [-0.2, 0) is 6.54 Å². The zero-order valence-corrected chi connectivity index (χ0v) is 14.0. The van der Waals surface area contributed by atoms with E-state index in [2.05, 4.69) is 16.4 Å². The third-order valence-corrected chi connectivity index (χ3v) is 3.41. The monoisotopic (exact) mass is 313 g/mol. The first-order valence-corrected chi connectivity index (χ1v) is 7.38. The fraction of sp³-hybridized carbons (Fsp3) is 0.278. The van der Waals surface area contributed by atoms with Gasteiger partial charge in [-0.2, -0.15) is 0 Å². The third kappa shape index (κ3) is 4.64. The molecule has 5 nitrogen and oxygen atoms in total. The Labute approximate surface area is 137 Å². The summed E-state index contributed by atoms with van der Waals surface area (Å²) in [5.41, 5.74) is 10.2. The number of benzene rings is 2. The van der Waals surface area contributed by atoms with Gasteiger partial charge in [0.2, 0.25) is 0 Å². The van der Waals surface area contributed by atoms with Crippen LogP contribution in [0.4, 0.5) is 5.69 Å². The fourth-order valence-electron chi connectivity index (χ4n) is 2.39. The number of aryl methyl sites for hydroxylation is 2. The average molecular weight is 313 g/mol. The van der Waals surface area contributed by atoms with Crippen LogP contribution in [0.5, 0.6) is 11.5 Å². The van der Waals surface area contributed by atoms with Crippen LogP contribution in [0.2, 0.25) is 0 Å². The summed E-state index contributed by atoms with van der Waals surface area (Å²) >= 11 is 0. The first-order valence-electron chi connectivity index (χ1n) is 7.38. The van der Waals surface area contributed by atoms with Gasteiger partial charge in [0, 0.05) is 17.3 Å². The minimum absolute atomic E-state index is 0.368. The van der Waals surface area contributed by atoms with Crippen LogP contribution in [0.15, 0.2) is 41.4 Å². The van der Waals surface area contributed by atoms with Crippen LogP contribution in [-0.4, -0.2) is 20.2 Å². The van der Waals surface area contributed by atoms with Crippen molar-refractivity contribution in [2.45, 2.75) is 20.4 Å². The summed E-state index contributed by atoms with van der Waals surface area (Å²) in [4.78, 5) is 4.38. The number of hydrogen-bond donors (Lipinski definition) is 2. The maximum atomic E-state index is 5.97. The van der Waals surface area contributed by atoms with E-state index >= 15 is 0 Å². The molecular formula is C18H23N3O2. The summed E-state index contributed by atoms with van der Waals surface area (Å²) < 4.78 is 10.5. The van der Waals surface area contributed by atoms with Crippen molar-refractivity contribution in [3.8, 4) is 11.5 Å². The molecule has 23 heavy (non-hydrogen) atoms. The summed E-state index contributed by atoms with van der Waals surface area (Å²) in [6.45, 7) is 4.53. The van der Waals surface area contributed by atoms with Gasteiger partial charge in [0.05, 0.1) is 20.8 Å². The van der Waals surface area contributed by atoms with Crippen LogP contribution < -0.4 is 20.5 Å². The minimum Gasteiger partial charge on any atom is -0.497 e. The standard InChI is InChI=1S/C18H23N3O2/c1-12-7-13(2)9-15(8-12)21-18(19)20-11-14-5-6-16(22-3)10-17(14)23-4/h5-10H,11H2,1-4H3,(H3,19,20,21). The van der Waals surface area contributed by atoms with Gasteiger partial charge in [-0.3, -0.25) is 0 Å². The number of methoxy groups -OCH3 is 2. The first kappa shape index (κ1) is 16.7. The summed E-state index contributed by atoms with van der Waals surface area (Å²) in [7, 11) is 3.25. The number of nitrogens with one attached hydrogen (secondary N) is 1. The average Bonchev–Trinajstić information content (AvgIpc) is 2.51. The van der Waals surface area contributed by atoms with Gasteiger partial charge in [0.15, 0.2) is 5.96 Å². The highest BCUT2D eigenvalue weighted by molar-refractivity contribution is 5.92. The van der Waals surface area contributed by atoms with Crippen molar-refractivity contribution in [1.29, 1.82) is 0 Å². The van der Waals surface area contributed by atoms with Crippen LogP contribution in [0.1, 0.15) is 16.7 Å². The summed E-state index contributed by atoms with van der Waals surface area (Å²) in [5.74, 6) is 1.84. The summed E-state index contributed by atoms with van der Waals surface area (Å²) in [6.07, 6.45) is 0. The van der Waals surface area contributed by atoms with E-state index in [1.54, 1.807) is 14.2 Å². The molecule has 2 rings (SSSR count). The number of nitrogens with two attached hydrogens (primary N) is 1. The number of nitrogens with zero attached hydrogens (tertiary/aromatic N) is 1. The van der Waals surface area contributed by atoms with E-state index < -0.39 is 0 Å². The van der Waals surface area contributed by atoms with E-state index in [9.17, 15) is 0 Å². The van der Waals surface area contributed by atoms with E-state index in [0.717, 1.165) is 22.7 Å². The lowest BCUT2D eigenvalue weighted by Gasteiger charge is -2.10. The molecule has 3 N–H and O–H groups in total. The Hall–Kier alpha value is -2.69. The summed E-state index contributed by atoms with van der Waals surface area (Å²) in [6, 6.07) is 11.8. The Morgan fingerprint density at radius 1 is 1.04 bits per heavy atom. The van der Waals surface area contributed by atoms with Crippen molar-refractivity contribution in [2.75, 3.05) is 19.5 Å². The van der Waals surface area contributed by atoms with Gasteiger partial charge in [0.1, 0.15) is 11.5 Å². The van der Waals surface area contributed by atoms with Crippen molar-refractivity contribution in [2.24, 2.45) is 10.7 Å². The smallest absolute Gasteiger partial charge is 0.193 e. The van der Waals surface area contributed by atoms with Gasteiger partial charge in [-0.05, 0) is 49.2 Å². The molecule has 0 spiro atoms. The van der Waals surface area contributed by atoms with Gasteiger partial charge in [-0.25, -0.2) is 4.99 Å². The van der Waals surface area contributed by atoms with E-state index in [0.29, 0.717) is 12.5 Å².